The van der Waals surface area contributed by atoms with E-state index in [1.807, 2.05) is 37.3 Å². The normalized spacial score (nSPS) is 13.4. The van der Waals surface area contributed by atoms with Crippen molar-refractivity contribution < 1.29 is 4.79 Å². The lowest BCUT2D eigenvalue weighted by Crippen LogP contribution is -2.39. The molecule has 1 unspecified atom stereocenters. The van der Waals surface area contributed by atoms with Gasteiger partial charge >= 0.3 is 0 Å². The maximum absolute atomic E-state index is 12.7. The van der Waals surface area contributed by atoms with Gasteiger partial charge in [-0.15, -0.1) is 11.8 Å². The van der Waals surface area contributed by atoms with Crippen LogP contribution in [0.1, 0.15) is 28.9 Å². The minimum atomic E-state index is -0.286. The summed E-state index contributed by atoms with van der Waals surface area (Å²) >= 11 is 1.58. The van der Waals surface area contributed by atoms with Crippen molar-refractivity contribution in [1.29, 1.82) is 0 Å². The van der Waals surface area contributed by atoms with Gasteiger partial charge in [-0.05, 0) is 38.0 Å². The van der Waals surface area contributed by atoms with E-state index in [4.69, 9.17) is 5.73 Å². The summed E-state index contributed by atoms with van der Waals surface area (Å²) in [5, 5.41) is 2.71. The van der Waals surface area contributed by atoms with Crippen molar-refractivity contribution in [2.24, 2.45) is 5.73 Å². The molecule has 0 aliphatic carbocycles. The lowest BCUT2D eigenvalue weighted by molar-refractivity contribution is -0.121. The molecule has 0 aliphatic rings. The number of aryl methyl sites for hydroxylation is 2. The van der Waals surface area contributed by atoms with Crippen LogP contribution in [0.25, 0.3) is 0 Å². The Balaban J connectivity index is 2.28. The first-order valence-corrected chi connectivity index (χ1v) is 8.68. The lowest BCUT2D eigenvalue weighted by Gasteiger charge is -2.20. The number of rotatable bonds is 6. The summed E-state index contributed by atoms with van der Waals surface area (Å²) in [4.78, 5) is 13.8. The highest BCUT2D eigenvalue weighted by atomic mass is 32.2. The van der Waals surface area contributed by atoms with Crippen molar-refractivity contribution in [2.75, 3.05) is 6.54 Å². The van der Waals surface area contributed by atoms with Crippen LogP contribution in [0.3, 0.4) is 0 Å². The smallest absolute Gasteiger partial charge is 0.238 e. The van der Waals surface area contributed by atoms with Crippen molar-refractivity contribution in [1.82, 2.24) is 5.32 Å². The zero-order valence-corrected chi connectivity index (χ0v) is 14.7. The van der Waals surface area contributed by atoms with E-state index in [9.17, 15) is 4.79 Å². The van der Waals surface area contributed by atoms with Gasteiger partial charge in [-0.3, -0.25) is 4.79 Å². The Bertz CT molecular complexity index is 658. The standard InChI is InChI=1S/C19H24N2OS/c1-13-9-10-17(14(2)11-13)23-18(16-7-5-4-6-8-16)19(22)21-15(3)12-20/h4-11,15,18H,12,20H2,1-3H3,(H,21,22)/t15-,18?/m0/s1. The molecule has 4 heteroatoms. The minimum absolute atomic E-state index is 0.000810. The summed E-state index contributed by atoms with van der Waals surface area (Å²) in [6.07, 6.45) is 0. The first-order valence-electron chi connectivity index (χ1n) is 7.80. The Morgan fingerprint density at radius 2 is 1.87 bits per heavy atom. The number of carbonyl (C=O) groups is 1. The number of nitrogens with two attached hydrogens (primary N) is 1. The molecular formula is C19H24N2OS. The van der Waals surface area contributed by atoms with Crippen LogP contribution in [0.15, 0.2) is 53.4 Å². The van der Waals surface area contributed by atoms with Crippen molar-refractivity contribution >= 4 is 17.7 Å². The van der Waals surface area contributed by atoms with Crippen molar-refractivity contribution in [3.8, 4) is 0 Å². The third kappa shape index (κ3) is 4.85. The molecule has 122 valence electrons. The third-order valence-electron chi connectivity index (χ3n) is 3.66. The molecule has 2 rings (SSSR count). The van der Waals surface area contributed by atoms with Gasteiger partial charge in [0.05, 0.1) is 0 Å². The molecular weight excluding hydrogens is 304 g/mol. The maximum Gasteiger partial charge on any atom is 0.238 e. The van der Waals surface area contributed by atoms with Gasteiger partial charge in [0.15, 0.2) is 0 Å². The minimum Gasteiger partial charge on any atom is -0.351 e. The average Bonchev–Trinajstić information content (AvgIpc) is 2.54. The van der Waals surface area contributed by atoms with Crippen LogP contribution in [-0.2, 0) is 4.79 Å². The Hall–Kier alpha value is -1.78. The fraction of sp³-hybridized carbons (Fsp3) is 0.316. The van der Waals surface area contributed by atoms with Gasteiger partial charge < -0.3 is 11.1 Å². The van der Waals surface area contributed by atoms with E-state index in [-0.39, 0.29) is 17.2 Å². The van der Waals surface area contributed by atoms with E-state index >= 15 is 0 Å². The molecule has 0 heterocycles. The zero-order valence-electron chi connectivity index (χ0n) is 13.9. The fourth-order valence-corrected chi connectivity index (χ4v) is 3.45. The van der Waals surface area contributed by atoms with Gasteiger partial charge in [0.25, 0.3) is 0 Å². The molecule has 0 aromatic heterocycles. The average molecular weight is 328 g/mol. The molecule has 0 fully saturated rings. The second kappa shape index (κ2) is 8.18. The summed E-state index contributed by atoms with van der Waals surface area (Å²) in [5.74, 6) is -0.000810. The maximum atomic E-state index is 12.7. The Morgan fingerprint density at radius 3 is 2.48 bits per heavy atom. The monoisotopic (exact) mass is 328 g/mol. The quantitative estimate of drug-likeness (QED) is 0.797. The highest BCUT2D eigenvalue weighted by Crippen LogP contribution is 2.37. The highest BCUT2D eigenvalue weighted by molar-refractivity contribution is 8.00. The molecule has 0 spiro atoms. The number of amides is 1. The first-order chi connectivity index (χ1) is 11.0. The molecule has 0 bridgehead atoms. The van der Waals surface area contributed by atoms with Gasteiger partial charge in [0, 0.05) is 17.5 Å². The van der Waals surface area contributed by atoms with E-state index in [1.165, 1.54) is 11.1 Å². The summed E-state index contributed by atoms with van der Waals surface area (Å²) in [5.41, 5.74) is 9.05. The van der Waals surface area contributed by atoms with Gasteiger partial charge in [0.2, 0.25) is 5.91 Å². The lowest BCUT2D eigenvalue weighted by atomic mass is 10.1. The summed E-state index contributed by atoms with van der Waals surface area (Å²) in [6, 6.07) is 16.2. The Labute approximate surface area is 142 Å². The van der Waals surface area contributed by atoms with Crippen LogP contribution in [0, 0.1) is 13.8 Å². The highest BCUT2D eigenvalue weighted by Gasteiger charge is 2.23. The number of thioether (sulfide) groups is 1. The molecule has 3 N–H and O–H groups in total. The summed E-state index contributed by atoms with van der Waals surface area (Å²) in [7, 11) is 0. The number of nitrogens with one attached hydrogen (secondary N) is 1. The molecule has 0 radical (unpaired) electrons. The van der Waals surface area contributed by atoms with Gasteiger partial charge in [0.1, 0.15) is 5.25 Å². The number of benzene rings is 2. The van der Waals surface area contributed by atoms with E-state index in [0.717, 1.165) is 10.5 Å². The zero-order chi connectivity index (χ0) is 16.8. The second-order valence-electron chi connectivity index (χ2n) is 5.82. The van der Waals surface area contributed by atoms with Crippen molar-refractivity contribution in [3.63, 3.8) is 0 Å². The molecule has 2 aromatic carbocycles. The predicted octanol–water partition coefficient (Wildman–Crippen LogP) is 3.60. The van der Waals surface area contributed by atoms with E-state index in [1.54, 1.807) is 11.8 Å². The largest absolute Gasteiger partial charge is 0.351 e. The summed E-state index contributed by atoms with van der Waals surface area (Å²) in [6.45, 7) is 6.51. The van der Waals surface area contributed by atoms with Crippen LogP contribution in [0.4, 0.5) is 0 Å². The van der Waals surface area contributed by atoms with Gasteiger partial charge in [-0.25, -0.2) is 0 Å². The van der Waals surface area contributed by atoms with Crippen molar-refractivity contribution in [2.45, 2.75) is 37.0 Å². The van der Waals surface area contributed by atoms with Crippen LogP contribution in [0.2, 0.25) is 0 Å². The molecule has 1 amide bonds. The van der Waals surface area contributed by atoms with Crippen LogP contribution < -0.4 is 11.1 Å². The molecule has 2 atom stereocenters. The molecule has 23 heavy (non-hydrogen) atoms. The van der Waals surface area contributed by atoms with Crippen molar-refractivity contribution in [3.05, 3.63) is 65.2 Å². The molecule has 0 saturated heterocycles. The Kier molecular flexibility index (Phi) is 6.25. The number of hydrogen-bond acceptors (Lipinski definition) is 3. The molecule has 2 aromatic rings. The molecule has 0 saturated carbocycles. The molecule has 3 nitrogen and oxygen atoms in total. The van der Waals surface area contributed by atoms with Crippen LogP contribution in [0.5, 0.6) is 0 Å². The topological polar surface area (TPSA) is 55.1 Å². The Morgan fingerprint density at radius 1 is 1.17 bits per heavy atom. The van der Waals surface area contributed by atoms with Gasteiger partial charge in [-0.1, -0.05) is 48.0 Å². The van der Waals surface area contributed by atoms with E-state index in [0.29, 0.717) is 6.54 Å². The third-order valence-corrected chi connectivity index (χ3v) is 5.09. The summed E-state index contributed by atoms with van der Waals surface area (Å²) < 4.78 is 0. The number of hydrogen-bond donors (Lipinski definition) is 2. The van der Waals surface area contributed by atoms with E-state index in [2.05, 4.69) is 37.4 Å². The van der Waals surface area contributed by atoms with E-state index < -0.39 is 0 Å². The van der Waals surface area contributed by atoms with Gasteiger partial charge in [-0.2, -0.15) is 0 Å². The van der Waals surface area contributed by atoms with Crippen LogP contribution >= 0.6 is 11.8 Å². The SMILES string of the molecule is Cc1ccc(SC(C(=O)N[C@@H](C)CN)c2ccccc2)c(C)c1. The first kappa shape index (κ1) is 17.6. The second-order valence-corrected chi connectivity index (χ2v) is 6.97. The predicted molar refractivity (Wildman–Crippen MR) is 97.6 cm³/mol. The number of carbonyl (C=O) groups excluding carboxylic acids is 1. The molecule has 0 aliphatic heterocycles. The van der Waals surface area contributed by atoms with Crippen LogP contribution in [-0.4, -0.2) is 18.5 Å². The fourth-order valence-electron chi connectivity index (χ4n) is 2.34.